The van der Waals surface area contributed by atoms with Crippen LogP contribution in [-0.2, 0) is 4.79 Å². The van der Waals surface area contributed by atoms with Crippen LogP contribution in [0.5, 0.6) is 17.2 Å². The molecule has 2 amide bonds. The van der Waals surface area contributed by atoms with Crippen molar-refractivity contribution in [3.8, 4) is 17.2 Å². The van der Waals surface area contributed by atoms with E-state index in [1.165, 1.54) is 24.2 Å². The Hall–Kier alpha value is -2.15. The van der Waals surface area contributed by atoms with Crippen molar-refractivity contribution >= 4 is 29.0 Å². The lowest BCUT2D eigenvalue weighted by atomic mass is 9.89. The SMILES string of the molecule is COc1cc2c(cc1/C=C1/SC(=O)N(CC3CCCCC3)C1=O)OCO2. The second-order valence-corrected chi connectivity index (χ2v) is 7.74. The van der Waals surface area contributed by atoms with Crippen LogP contribution in [0, 0.1) is 5.92 Å². The molecule has 1 aromatic rings. The predicted molar refractivity (Wildman–Crippen MR) is 98.4 cm³/mol. The van der Waals surface area contributed by atoms with Crippen LogP contribution in [0.3, 0.4) is 0 Å². The molecule has 1 saturated carbocycles. The van der Waals surface area contributed by atoms with Gasteiger partial charge in [0, 0.05) is 18.2 Å². The molecule has 2 heterocycles. The molecule has 0 N–H and O–H groups in total. The third-order valence-electron chi connectivity index (χ3n) is 5.05. The standard InChI is InChI=1S/C19H21NO5S/c1-23-14-9-16-15(24-11-25-16)7-13(14)8-17-18(21)20(19(22)26-17)10-12-5-3-2-4-6-12/h7-9,12H,2-6,10-11H2,1H3/b17-8+. The third kappa shape index (κ3) is 3.28. The third-order valence-corrected chi connectivity index (χ3v) is 5.96. The van der Waals surface area contributed by atoms with Crippen LogP contribution in [0.15, 0.2) is 17.0 Å². The predicted octanol–water partition coefficient (Wildman–Crippen LogP) is 4.04. The number of carbonyl (C=O) groups excluding carboxylic acids is 2. The Bertz CT molecular complexity index is 769. The Morgan fingerprint density at radius 3 is 2.65 bits per heavy atom. The van der Waals surface area contributed by atoms with Crippen LogP contribution in [0.25, 0.3) is 6.08 Å². The molecule has 0 radical (unpaired) electrons. The molecule has 4 rings (SSSR count). The molecule has 0 bridgehead atoms. The minimum absolute atomic E-state index is 0.167. The van der Waals surface area contributed by atoms with Gasteiger partial charge >= 0.3 is 0 Å². The second kappa shape index (κ2) is 7.23. The number of hydrogen-bond acceptors (Lipinski definition) is 6. The topological polar surface area (TPSA) is 65.1 Å². The molecule has 6 nitrogen and oxygen atoms in total. The van der Waals surface area contributed by atoms with Crippen molar-refractivity contribution in [1.29, 1.82) is 0 Å². The Labute approximate surface area is 156 Å². The van der Waals surface area contributed by atoms with Crippen LogP contribution in [0.2, 0.25) is 0 Å². The van der Waals surface area contributed by atoms with E-state index in [0.717, 1.165) is 24.6 Å². The number of amides is 2. The van der Waals surface area contributed by atoms with Gasteiger partial charge in [0.15, 0.2) is 11.5 Å². The van der Waals surface area contributed by atoms with Gasteiger partial charge in [-0.1, -0.05) is 19.3 Å². The summed E-state index contributed by atoms with van der Waals surface area (Å²) in [6, 6.07) is 3.51. The van der Waals surface area contributed by atoms with Crippen molar-refractivity contribution in [1.82, 2.24) is 4.90 Å². The van der Waals surface area contributed by atoms with E-state index in [2.05, 4.69) is 0 Å². The first-order valence-corrected chi connectivity index (χ1v) is 9.70. The zero-order chi connectivity index (χ0) is 18.1. The molecular formula is C19H21NO5S. The Morgan fingerprint density at radius 2 is 1.92 bits per heavy atom. The maximum Gasteiger partial charge on any atom is 0.293 e. The first-order valence-electron chi connectivity index (χ1n) is 8.88. The minimum atomic E-state index is -0.217. The van der Waals surface area contributed by atoms with Crippen molar-refractivity contribution in [3.63, 3.8) is 0 Å². The largest absolute Gasteiger partial charge is 0.496 e. The van der Waals surface area contributed by atoms with Gasteiger partial charge in [0.25, 0.3) is 11.1 Å². The number of carbonyl (C=O) groups is 2. The summed E-state index contributed by atoms with van der Waals surface area (Å²) in [7, 11) is 1.56. The Morgan fingerprint density at radius 1 is 1.19 bits per heavy atom. The Balaban J connectivity index is 1.56. The summed E-state index contributed by atoms with van der Waals surface area (Å²) >= 11 is 0.989. The lowest BCUT2D eigenvalue weighted by Gasteiger charge is -2.25. The van der Waals surface area contributed by atoms with Gasteiger partial charge < -0.3 is 14.2 Å². The van der Waals surface area contributed by atoms with Crippen molar-refractivity contribution in [2.75, 3.05) is 20.4 Å². The molecule has 0 atom stereocenters. The van der Waals surface area contributed by atoms with E-state index in [9.17, 15) is 9.59 Å². The smallest absolute Gasteiger partial charge is 0.293 e. The lowest BCUT2D eigenvalue weighted by molar-refractivity contribution is -0.123. The molecular weight excluding hydrogens is 354 g/mol. The fourth-order valence-corrected chi connectivity index (χ4v) is 4.49. The molecule has 2 fully saturated rings. The first-order chi connectivity index (χ1) is 12.7. The number of ether oxygens (including phenoxy) is 3. The highest BCUT2D eigenvalue weighted by Gasteiger charge is 2.36. The molecule has 0 spiro atoms. The van der Waals surface area contributed by atoms with Crippen molar-refractivity contribution in [3.05, 3.63) is 22.6 Å². The fourth-order valence-electron chi connectivity index (χ4n) is 3.66. The van der Waals surface area contributed by atoms with Crippen molar-refractivity contribution in [2.45, 2.75) is 32.1 Å². The molecule has 138 valence electrons. The number of imide groups is 1. The van der Waals surface area contributed by atoms with Crippen LogP contribution < -0.4 is 14.2 Å². The van der Waals surface area contributed by atoms with E-state index in [-0.39, 0.29) is 17.9 Å². The quantitative estimate of drug-likeness (QED) is 0.740. The van der Waals surface area contributed by atoms with Gasteiger partial charge in [0.1, 0.15) is 5.75 Å². The number of methoxy groups -OCH3 is 1. The van der Waals surface area contributed by atoms with E-state index >= 15 is 0 Å². The summed E-state index contributed by atoms with van der Waals surface area (Å²) in [5, 5.41) is -0.188. The van der Waals surface area contributed by atoms with E-state index in [0.29, 0.717) is 40.2 Å². The van der Waals surface area contributed by atoms with Gasteiger partial charge in [-0.05, 0) is 42.7 Å². The van der Waals surface area contributed by atoms with Crippen LogP contribution in [0.4, 0.5) is 4.79 Å². The molecule has 1 aliphatic carbocycles. The van der Waals surface area contributed by atoms with E-state index in [1.54, 1.807) is 25.3 Å². The summed E-state index contributed by atoms with van der Waals surface area (Å²) in [6.07, 6.45) is 7.51. The molecule has 0 aromatic heterocycles. The van der Waals surface area contributed by atoms with Gasteiger partial charge in [-0.2, -0.15) is 0 Å². The average Bonchev–Trinajstić information content (AvgIpc) is 3.21. The minimum Gasteiger partial charge on any atom is -0.496 e. The average molecular weight is 375 g/mol. The monoisotopic (exact) mass is 375 g/mol. The fraction of sp³-hybridized carbons (Fsp3) is 0.474. The maximum absolute atomic E-state index is 12.7. The van der Waals surface area contributed by atoms with Gasteiger partial charge in [-0.25, -0.2) is 0 Å². The second-order valence-electron chi connectivity index (χ2n) is 6.74. The molecule has 2 aliphatic heterocycles. The number of benzene rings is 1. The number of nitrogens with zero attached hydrogens (tertiary/aromatic N) is 1. The zero-order valence-electron chi connectivity index (χ0n) is 14.7. The summed E-state index contributed by atoms with van der Waals surface area (Å²) in [5.41, 5.74) is 0.694. The molecule has 26 heavy (non-hydrogen) atoms. The lowest BCUT2D eigenvalue weighted by Crippen LogP contribution is -2.34. The molecule has 7 heteroatoms. The summed E-state index contributed by atoms with van der Waals surface area (Å²) in [4.78, 5) is 26.9. The molecule has 0 unspecified atom stereocenters. The van der Waals surface area contributed by atoms with E-state index in [1.807, 2.05) is 0 Å². The number of rotatable bonds is 4. The highest BCUT2D eigenvalue weighted by Crippen LogP contribution is 2.41. The molecule has 3 aliphatic rings. The number of hydrogen-bond donors (Lipinski definition) is 0. The first kappa shape index (κ1) is 17.3. The highest BCUT2D eigenvalue weighted by molar-refractivity contribution is 8.18. The number of thioether (sulfide) groups is 1. The summed E-state index contributed by atoms with van der Waals surface area (Å²) in [5.74, 6) is 2.01. The van der Waals surface area contributed by atoms with Crippen molar-refractivity contribution < 1.29 is 23.8 Å². The maximum atomic E-state index is 12.7. The van der Waals surface area contributed by atoms with Crippen molar-refractivity contribution in [2.24, 2.45) is 5.92 Å². The summed E-state index contributed by atoms with van der Waals surface area (Å²) in [6.45, 7) is 0.695. The van der Waals surface area contributed by atoms with Gasteiger partial charge in [0.05, 0.1) is 12.0 Å². The zero-order valence-corrected chi connectivity index (χ0v) is 15.5. The van der Waals surface area contributed by atoms with E-state index < -0.39 is 0 Å². The molecule has 1 aromatic carbocycles. The van der Waals surface area contributed by atoms with E-state index in [4.69, 9.17) is 14.2 Å². The summed E-state index contributed by atoms with van der Waals surface area (Å²) < 4.78 is 16.1. The van der Waals surface area contributed by atoms with Crippen LogP contribution in [0.1, 0.15) is 37.7 Å². The van der Waals surface area contributed by atoms with Crippen LogP contribution in [-0.4, -0.2) is 36.5 Å². The number of fused-ring (bicyclic) bond motifs is 1. The van der Waals surface area contributed by atoms with Gasteiger partial charge in [0.2, 0.25) is 6.79 Å². The Kier molecular flexibility index (Phi) is 4.80. The normalized spacial score (nSPS) is 21.7. The van der Waals surface area contributed by atoms with Gasteiger partial charge in [-0.3, -0.25) is 14.5 Å². The molecule has 1 saturated heterocycles. The van der Waals surface area contributed by atoms with Crippen LogP contribution >= 0.6 is 11.8 Å². The highest BCUT2D eigenvalue weighted by atomic mass is 32.2. The van der Waals surface area contributed by atoms with Gasteiger partial charge in [-0.15, -0.1) is 0 Å².